The number of nitrogens with one attached hydrogen (secondary N) is 2. The summed E-state index contributed by atoms with van der Waals surface area (Å²) < 4.78 is 0. The Labute approximate surface area is 104 Å². The lowest BCUT2D eigenvalue weighted by atomic mass is 10.1. The predicted molar refractivity (Wildman–Crippen MR) is 67.3 cm³/mol. The van der Waals surface area contributed by atoms with E-state index in [1.54, 1.807) is 6.07 Å². The van der Waals surface area contributed by atoms with Gasteiger partial charge in [-0.05, 0) is 37.3 Å². The SMILES string of the molecule is O=C(NCC[C@H]1CCCN1)c1sccc1Cl. The maximum Gasteiger partial charge on any atom is 0.262 e. The van der Waals surface area contributed by atoms with E-state index in [0.29, 0.717) is 22.5 Å². The van der Waals surface area contributed by atoms with Crippen molar-refractivity contribution in [2.45, 2.75) is 25.3 Å². The van der Waals surface area contributed by atoms with Gasteiger partial charge in [0.05, 0.1) is 5.02 Å². The second-order valence-electron chi connectivity index (χ2n) is 3.94. The maximum atomic E-state index is 11.7. The van der Waals surface area contributed by atoms with Crippen molar-refractivity contribution in [3.05, 3.63) is 21.3 Å². The molecule has 1 aromatic heterocycles. The molecule has 2 rings (SSSR count). The molecule has 0 aliphatic carbocycles. The minimum absolute atomic E-state index is 0.0574. The number of hydrogen-bond donors (Lipinski definition) is 2. The van der Waals surface area contributed by atoms with Crippen molar-refractivity contribution in [2.75, 3.05) is 13.1 Å². The average molecular weight is 259 g/mol. The highest BCUT2D eigenvalue weighted by molar-refractivity contribution is 7.12. The number of halogens is 1. The van der Waals surface area contributed by atoms with Gasteiger partial charge in [-0.3, -0.25) is 4.79 Å². The molecule has 2 N–H and O–H groups in total. The van der Waals surface area contributed by atoms with Crippen LogP contribution < -0.4 is 10.6 Å². The van der Waals surface area contributed by atoms with E-state index in [1.165, 1.54) is 24.2 Å². The minimum atomic E-state index is -0.0574. The molecule has 5 heteroatoms. The van der Waals surface area contributed by atoms with Gasteiger partial charge < -0.3 is 10.6 Å². The maximum absolute atomic E-state index is 11.7. The van der Waals surface area contributed by atoms with E-state index in [4.69, 9.17) is 11.6 Å². The van der Waals surface area contributed by atoms with E-state index in [9.17, 15) is 4.79 Å². The molecule has 16 heavy (non-hydrogen) atoms. The lowest BCUT2D eigenvalue weighted by Crippen LogP contribution is -2.30. The highest BCUT2D eigenvalue weighted by Gasteiger charge is 2.15. The smallest absolute Gasteiger partial charge is 0.262 e. The molecule has 0 unspecified atom stereocenters. The molecular weight excluding hydrogens is 244 g/mol. The highest BCUT2D eigenvalue weighted by Crippen LogP contribution is 2.21. The topological polar surface area (TPSA) is 41.1 Å². The van der Waals surface area contributed by atoms with Crippen LogP contribution in [0, 0.1) is 0 Å². The number of hydrogen-bond acceptors (Lipinski definition) is 3. The lowest BCUT2D eigenvalue weighted by Gasteiger charge is -2.10. The summed E-state index contributed by atoms with van der Waals surface area (Å²) in [6.07, 6.45) is 3.46. The summed E-state index contributed by atoms with van der Waals surface area (Å²) in [5, 5.41) is 8.67. The van der Waals surface area contributed by atoms with Gasteiger partial charge in [-0.15, -0.1) is 11.3 Å². The first-order valence-corrected chi connectivity index (χ1v) is 6.77. The van der Waals surface area contributed by atoms with E-state index >= 15 is 0 Å². The van der Waals surface area contributed by atoms with E-state index < -0.39 is 0 Å². The molecule has 1 atom stereocenters. The minimum Gasteiger partial charge on any atom is -0.351 e. The van der Waals surface area contributed by atoms with Crippen molar-refractivity contribution in [1.82, 2.24) is 10.6 Å². The molecule has 2 heterocycles. The zero-order valence-corrected chi connectivity index (χ0v) is 10.5. The van der Waals surface area contributed by atoms with Crippen molar-refractivity contribution in [3.63, 3.8) is 0 Å². The van der Waals surface area contributed by atoms with Crippen LogP contribution in [0.1, 0.15) is 28.9 Å². The molecule has 1 aliphatic rings. The highest BCUT2D eigenvalue weighted by atomic mass is 35.5. The molecule has 88 valence electrons. The first kappa shape index (κ1) is 11.9. The molecule has 0 spiro atoms. The summed E-state index contributed by atoms with van der Waals surface area (Å²) in [6, 6.07) is 2.32. The first-order chi connectivity index (χ1) is 7.77. The Kier molecular flexibility index (Phi) is 4.21. The van der Waals surface area contributed by atoms with Crippen LogP contribution >= 0.6 is 22.9 Å². The molecular formula is C11H15ClN2OS. The number of amides is 1. The normalized spacial score (nSPS) is 19.9. The largest absolute Gasteiger partial charge is 0.351 e. The summed E-state index contributed by atoms with van der Waals surface area (Å²) >= 11 is 7.26. The van der Waals surface area contributed by atoms with Crippen molar-refractivity contribution in [3.8, 4) is 0 Å². The quantitative estimate of drug-likeness (QED) is 0.870. The van der Waals surface area contributed by atoms with Gasteiger partial charge in [0.25, 0.3) is 5.91 Å². The Hall–Kier alpha value is -0.580. The van der Waals surface area contributed by atoms with Gasteiger partial charge >= 0.3 is 0 Å². The zero-order chi connectivity index (χ0) is 11.4. The van der Waals surface area contributed by atoms with Crippen molar-refractivity contribution >= 4 is 28.8 Å². The van der Waals surface area contributed by atoms with Crippen LogP contribution in [0.2, 0.25) is 5.02 Å². The molecule has 3 nitrogen and oxygen atoms in total. The fraction of sp³-hybridized carbons (Fsp3) is 0.545. The van der Waals surface area contributed by atoms with Crippen molar-refractivity contribution in [2.24, 2.45) is 0 Å². The summed E-state index contributed by atoms with van der Waals surface area (Å²) in [5.74, 6) is -0.0574. The van der Waals surface area contributed by atoms with E-state index in [2.05, 4.69) is 10.6 Å². The van der Waals surface area contributed by atoms with E-state index in [1.807, 2.05) is 5.38 Å². The molecule has 0 saturated carbocycles. The number of carbonyl (C=O) groups is 1. The van der Waals surface area contributed by atoms with Crippen LogP contribution in [0.5, 0.6) is 0 Å². The number of rotatable bonds is 4. The Morgan fingerprint density at radius 3 is 3.19 bits per heavy atom. The van der Waals surface area contributed by atoms with Crippen LogP contribution in [0.4, 0.5) is 0 Å². The third-order valence-corrected chi connectivity index (χ3v) is 4.10. The lowest BCUT2D eigenvalue weighted by molar-refractivity contribution is 0.0956. The van der Waals surface area contributed by atoms with Gasteiger partial charge in [-0.2, -0.15) is 0 Å². The predicted octanol–water partition coefficient (Wildman–Crippen LogP) is 2.27. The molecule has 1 saturated heterocycles. The fourth-order valence-electron chi connectivity index (χ4n) is 1.90. The monoisotopic (exact) mass is 258 g/mol. The third-order valence-electron chi connectivity index (χ3n) is 2.76. The molecule has 1 aliphatic heterocycles. The molecule has 0 aromatic carbocycles. The summed E-state index contributed by atoms with van der Waals surface area (Å²) in [4.78, 5) is 12.3. The molecule has 1 aromatic rings. The zero-order valence-electron chi connectivity index (χ0n) is 8.96. The molecule has 1 amide bonds. The average Bonchev–Trinajstić information content (AvgIpc) is 2.88. The molecule has 0 radical (unpaired) electrons. The number of thiophene rings is 1. The van der Waals surface area contributed by atoms with Crippen molar-refractivity contribution in [1.29, 1.82) is 0 Å². The van der Waals surface area contributed by atoms with Gasteiger partial charge in [0.2, 0.25) is 0 Å². The van der Waals surface area contributed by atoms with E-state index in [-0.39, 0.29) is 5.91 Å². The van der Waals surface area contributed by atoms with Gasteiger partial charge in [-0.25, -0.2) is 0 Å². The second kappa shape index (κ2) is 5.66. The molecule has 0 bridgehead atoms. The number of carbonyl (C=O) groups excluding carboxylic acids is 1. The fourth-order valence-corrected chi connectivity index (χ4v) is 2.96. The van der Waals surface area contributed by atoms with Crippen molar-refractivity contribution < 1.29 is 4.79 Å². The Morgan fingerprint density at radius 1 is 1.69 bits per heavy atom. The van der Waals surface area contributed by atoms with Gasteiger partial charge in [0, 0.05) is 12.6 Å². The standard InChI is InChI=1S/C11H15ClN2OS/c12-9-4-7-16-10(9)11(15)14-6-3-8-2-1-5-13-8/h4,7-8,13H,1-3,5-6H2,(H,14,15)/t8-/m1/s1. The summed E-state index contributed by atoms with van der Waals surface area (Å²) in [5.41, 5.74) is 0. The molecule has 1 fully saturated rings. The van der Waals surface area contributed by atoms with Gasteiger partial charge in [0.1, 0.15) is 4.88 Å². The second-order valence-corrected chi connectivity index (χ2v) is 5.26. The Balaban J connectivity index is 1.73. The van der Waals surface area contributed by atoms with Crippen LogP contribution in [0.25, 0.3) is 0 Å². The Morgan fingerprint density at radius 2 is 2.56 bits per heavy atom. The first-order valence-electron chi connectivity index (χ1n) is 5.52. The van der Waals surface area contributed by atoms with Crippen LogP contribution in [-0.2, 0) is 0 Å². The van der Waals surface area contributed by atoms with Gasteiger partial charge in [0.15, 0.2) is 0 Å². The third kappa shape index (κ3) is 2.97. The van der Waals surface area contributed by atoms with Crippen LogP contribution in [0.15, 0.2) is 11.4 Å². The Bertz CT molecular complexity index is 361. The van der Waals surface area contributed by atoms with Crippen LogP contribution in [0.3, 0.4) is 0 Å². The summed E-state index contributed by atoms with van der Waals surface area (Å²) in [6.45, 7) is 1.82. The van der Waals surface area contributed by atoms with Crippen LogP contribution in [-0.4, -0.2) is 25.0 Å². The van der Waals surface area contributed by atoms with Gasteiger partial charge in [-0.1, -0.05) is 11.6 Å². The summed E-state index contributed by atoms with van der Waals surface area (Å²) in [7, 11) is 0. The van der Waals surface area contributed by atoms with E-state index in [0.717, 1.165) is 13.0 Å².